The van der Waals surface area contributed by atoms with Gasteiger partial charge in [0, 0.05) is 17.5 Å². The monoisotopic (exact) mass is 289 g/mol. The number of aromatic nitrogens is 2. The van der Waals surface area contributed by atoms with Crippen LogP contribution in [0.25, 0.3) is 0 Å². The molecule has 0 saturated carbocycles. The van der Waals surface area contributed by atoms with E-state index in [2.05, 4.69) is 34.3 Å². The summed E-state index contributed by atoms with van der Waals surface area (Å²) in [4.78, 5) is 20.1. The minimum absolute atomic E-state index is 0.0861. The third-order valence-corrected chi connectivity index (χ3v) is 3.72. The van der Waals surface area contributed by atoms with Crippen molar-refractivity contribution in [2.24, 2.45) is 0 Å². The van der Waals surface area contributed by atoms with Crippen molar-refractivity contribution in [3.63, 3.8) is 0 Å². The largest absolute Gasteiger partial charge is 0.311 e. The van der Waals surface area contributed by atoms with Gasteiger partial charge in [0.25, 0.3) is 5.56 Å². The maximum atomic E-state index is 11.6. The molecule has 0 radical (unpaired) electrons. The molecule has 0 spiro atoms. The maximum Gasteiger partial charge on any atom is 0.251 e. The van der Waals surface area contributed by atoms with Crippen LogP contribution in [0.3, 0.4) is 0 Å². The number of H-pyrrole nitrogens is 1. The van der Waals surface area contributed by atoms with E-state index in [0.717, 1.165) is 24.5 Å². The summed E-state index contributed by atoms with van der Waals surface area (Å²) in [6.07, 6.45) is 1.07. The van der Waals surface area contributed by atoms with Crippen LogP contribution in [0.2, 0.25) is 0 Å². The molecule has 0 aliphatic carbocycles. The summed E-state index contributed by atoms with van der Waals surface area (Å²) in [5, 5.41) is 3.26. The van der Waals surface area contributed by atoms with Gasteiger partial charge in [-0.2, -0.15) is 0 Å². The van der Waals surface area contributed by atoms with Crippen molar-refractivity contribution in [1.29, 1.82) is 0 Å². The van der Waals surface area contributed by atoms with Crippen molar-refractivity contribution < 1.29 is 0 Å². The fourth-order valence-electron chi connectivity index (χ4n) is 1.78. The van der Waals surface area contributed by atoms with Crippen LogP contribution >= 0.6 is 11.8 Å². The lowest BCUT2D eigenvalue weighted by atomic mass is 10.3. The summed E-state index contributed by atoms with van der Waals surface area (Å²) in [7, 11) is 0. The smallest absolute Gasteiger partial charge is 0.251 e. The topological polar surface area (TPSA) is 57.8 Å². The molecule has 0 atom stereocenters. The zero-order valence-corrected chi connectivity index (χ0v) is 12.4. The van der Waals surface area contributed by atoms with E-state index in [-0.39, 0.29) is 5.56 Å². The molecule has 2 rings (SSSR count). The first kappa shape index (κ1) is 14.8. The van der Waals surface area contributed by atoms with Gasteiger partial charge in [0.2, 0.25) is 0 Å². The molecule has 0 bridgehead atoms. The standard InChI is InChI=1S/C15H19N3OS/c1-2-8-16-10-12-9-15(19)18-14(17-12)11-20-13-6-4-3-5-7-13/h3-7,9,16H,2,8,10-11H2,1H3,(H,17,18,19). The van der Waals surface area contributed by atoms with Gasteiger partial charge in [0.05, 0.1) is 11.4 Å². The molecular weight excluding hydrogens is 270 g/mol. The summed E-state index contributed by atoms with van der Waals surface area (Å²) in [6.45, 7) is 3.68. The molecule has 2 aromatic rings. The highest BCUT2D eigenvalue weighted by Gasteiger charge is 2.02. The molecule has 0 amide bonds. The average Bonchev–Trinajstić information content (AvgIpc) is 2.46. The van der Waals surface area contributed by atoms with Gasteiger partial charge in [0.15, 0.2) is 0 Å². The Bertz CT molecular complexity index is 583. The molecule has 1 aromatic heterocycles. The maximum absolute atomic E-state index is 11.6. The highest BCUT2D eigenvalue weighted by atomic mass is 32.2. The summed E-state index contributed by atoms with van der Waals surface area (Å²) >= 11 is 1.67. The van der Waals surface area contributed by atoms with Gasteiger partial charge in [-0.1, -0.05) is 25.1 Å². The van der Waals surface area contributed by atoms with Crippen LogP contribution in [0.5, 0.6) is 0 Å². The quantitative estimate of drug-likeness (QED) is 0.607. The SMILES string of the molecule is CCCNCc1cc(=O)[nH]c(CSc2ccccc2)n1. The molecule has 0 fully saturated rings. The predicted octanol–water partition coefficient (Wildman–Crippen LogP) is 2.56. The van der Waals surface area contributed by atoms with Crippen LogP contribution in [-0.4, -0.2) is 16.5 Å². The lowest BCUT2D eigenvalue weighted by Gasteiger charge is -2.05. The zero-order valence-electron chi connectivity index (χ0n) is 11.6. The lowest BCUT2D eigenvalue weighted by Crippen LogP contribution is -2.19. The van der Waals surface area contributed by atoms with Crippen LogP contribution in [0.15, 0.2) is 46.1 Å². The molecule has 4 nitrogen and oxygen atoms in total. The van der Waals surface area contributed by atoms with E-state index in [1.54, 1.807) is 17.8 Å². The minimum Gasteiger partial charge on any atom is -0.311 e. The van der Waals surface area contributed by atoms with Gasteiger partial charge in [-0.05, 0) is 25.1 Å². The van der Waals surface area contributed by atoms with Crippen molar-refractivity contribution in [3.05, 3.63) is 58.3 Å². The molecule has 0 saturated heterocycles. The number of benzene rings is 1. The summed E-state index contributed by atoms with van der Waals surface area (Å²) in [6, 6.07) is 11.7. The minimum atomic E-state index is -0.0861. The van der Waals surface area contributed by atoms with Crippen LogP contribution in [-0.2, 0) is 12.3 Å². The van der Waals surface area contributed by atoms with Crippen molar-refractivity contribution in [2.75, 3.05) is 6.54 Å². The lowest BCUT2D eigenvalue weighted by molar-refractivity contribution is 0.659. The summed E-state index contributed by atoms with van der Waals surface area (Å²) < 4.78 is 0. The Morgan fingerprint density at radius 2 is 2.10 bits per heavy atom. The zero-order chi connectivity index (χ0) is 14.2. The normalized spacial score (nSPS) is 10.7. The molecular formula is C15H19N3OS. The molecule has 0 aliphatic rings. The number of thioether (sulfide) groups is 1. The highest BCUT2D eigenvalue weighted by molar-refractivity contribution is 7.98. The molecule has 5 heteroatoms. The number of hydrogen-bond acceptors (Lipinski definition) is 4. The van der Waals surface area contributed by atoms with Crippen LogP contribution in [0.1, 0.15) is 24.9 Å². The Balaban J connectivity index is 1.98. The first-order valence-corrected chi connectivity index (χ1v) is 7.74. The molecule has 0 aliphatic heterocycles. The third-order valence-electron chi connectivity index (χ3n) is 2.70. The van der Waals surface area contributed by atoms with E-state index in [1.165, 1.54) is 4.90 Å². The van der Waals surface area contributed by atoms with E-state index < -0.39 is 0 Å². The number of nitrogens with zero attached hydrogens (tertiary/aromatic N) is 1. The van der Waals surface area contributed by atoms with Crippen LogP contribution < -0.4 is 10.9 Å². The van der Waals surface area contributed by atoms with Gasteiger partial charge < -0.3 is 10.3 Å². The number of nitrogens with one attached hydrogen (secondary N) is 2. The van der Waals surface area contributed by atoms with Crippen LogP contribution in [0, 0.1) is 0 Å². The second kappa shape index (κ2) is 7.87. The average molecular weight is 289 g/mol. The van der Waals surface area contributed by atoms with Gasteiger partial charge in [-0.15, -0.1) is 11.8 Å². The Kier molecular flexibility index (Phi) is 5.83. The molecule has 106 valence electrons. The number of rotatable bonds is 7. The number of aromatic amines is 1. The van der Waals surface area contributed by atoms with E-state index in [9.17, 15) is 4.79 Å². The molecule has 20 heavy (non-hydrogen) atoms. The Hall–Kier alpha value is -1.59. The number of hydrogen-bond donors (Lipinski definition) is 2. The van der Waals surface area contributed by atoms with Crippen molar-refractivity contribution in [1.82, 2.24) is 15.3 Å². The van der Waals surface area contributed by atoms with Gasteiger partial charge >= 0.3 is 0 Å². The van der Waals surface area contributed by atoms with E-state index in [4.69, 9.17) is 0 Å². The van der Waals surface area contributed by atoms with Gasteiger partial charge in [-0.3, -0.25) is 4.79 Å². The second-order valence-electron chi connectivity index (χ2n) is 4.46. The van der Waals surface area contributed by atoms with E-state index >= 15 is 0 Å². The third kappa shape index (κ3) is 4.83. The first-order chi connectivity index (χ1) is 9.78. The van der Waals surface area contributed by atoms with Gasteiger partial charge in [-0.25, -0.2) is 4.98 Å². The first-order valence-electron chi connectivity index (χ1n) is 6.75. The Morgan fingerprint density at radius 3 is 2.85 bits per heavy atom. The van der Waals surface area contributed by atoms with Gasteiger partial charge in [0.1, 0.15) is 5.82 Å². The molecule has 1 aromatic carbocycles. The summed E-state index contributed by atoms with van der Waals surface area (Å²) in [5.74, 6) is 1.39. The predicted molar refractivity (Wildman–Crippen MR) is 82.9 cm³/mol. The fraction of sp³-hybridized carbons (Fsp3) is 0.333. The van der Waals surface area contributed by atoms with E-state index in [1.807, 2.05) is 18.2 Å². The van der Waals surface area contributed by atoms with Crippen molar-refractivity contribution >= 4 is 11.8 Å². The summed E-state index contributed by atoms with van der Waals surface area (Å²) in [5.41, 5.74) is 0.711. The van der Waals surface area contributed by atoms with E-state index in [0.29, 0.717) is 12.3 Å². The molecule has 0 unspecified atom stereocenters. The van der Waals surface area contributed by atoms with Crippen LogP contribution in [0.4, 0.5) is 0 Å². The fourth-order valence-corrected chi connectivity index (χ4v) is 2.57. The molecule has 1 heterocycles. The van der Waals surface area contributed by atoms with Crippen molar-refractivity contribution in [3.8, 4) is 0 Å². The molecule has 2 N–H and O–H groups in total. The Morgan fingerprint density at radius 1 is 1.30 bits per heavy atom. The Labute approximate surface area is 123 Å². The highest BCUT2D eigenvalue weighted by Crippen LogP contribution is 2.20. The van der Waals surface area contributed by atoms with Crippen molar-refractivity contribution in [2.45, 2.75) is 30.5 Å². The second-order valence-corrected chi connectivity index (χ2v) is 5.51.